The fourth-order valence-corrected chi connectivity index (χ4v) is 3.73. The molecule has 2 nitrogen and oxygen atoms in total. The molecular formula is C19H25NO. The first kappa shape index (κ1) is 14.4. The van der Waals surface area contributed by atoms with E-state index >= 15 is 0 Å². The number of fused-ring (bicyclic) bond motifs is 1. The van der Waals surface area contributed by atoms with Gasteiger partial charge < -0.3 is 9.73 Å². The van der Waals surface area contributed by atoms with Crippen molar-refractivity contribution in [3.05, 3.63) is 58.5 Å². The molecule has 0 saturated heterocycles. The molecule has 2 aromatic rings. The third-order valence-electron chi connectivity index (χ3n) is 4.76. The van der Waals surface area contributed by atoms with Gasteiger partial charge in [-0.05, 0) is 49.8 Å². The fourth-order valence-electron chi connectivity index (χ4n) is 3.73. The van der Waals surface area contributed by atoms with E-state index < -0.39 is 0 Å². The number of benzene rings is 1. The molecule has 112 valence electrons. The third kappa shape index (κ3) is 2.53. The average molecular weight is 283 g/mol. The molecule has 1 heterocycles. The standard InChI is InChI=1S/C19H25NO/c1-12-10-17(14(3)21-12)13(2)20-18-16-9-7-6-8-15(16)11-19(18,4)5/h6-10,13,18,20H,11H2,1-5H3. The molecule has 0 aliphatic heterocycles. The Balaban J connectivity index is 1.88. The van der Waals surface area contributed by atoms with Gasteiger partial charge in [0.2, 0.25) is 0 Å². The summed E-state index contributed by atoms with van der Waals surface area (Å²) in [6.07, 6.45) is 1.14. The van der Waals surface area contributed by atoms with Crippen molar-refractivity contribution in [3.63, 3.8) is 0 Å². The molecule has 0 fully saturated rings. The summed E-state index contributed by atoms with van der Waals surface area (Å²) in [6.45, 7) is 11.0. The molecule has 1 aliphatic carbocycles. The summed E-state index contributed by atoms with van der Waals surface area (Å²) in [4.78, 5) is 0. The summed E-state index contributed by atoms with van der Waals surface area (Å²) in [6, 6.07) is 11.6. The van der Waals surface area contributed by atoms with Gasteiger partial charge in [-0.15, -0.1) is 0 Å². The summed E-state index contributed by atoms with van der Waals surface area (Å²) >= 11 is 0. The molecule has 3 rings (SSSR count). The van der Waals surface area contributed by atoms with Gasteiger partial charge in [-0.25, -0.2) is 0 Å². The van der Waals surface area contributed by atoms with Crippen LogP contribution >= 0.6 is 0 Å². The zero-order valence-corrected chi connectivity index (χ0v) is 13.7. The van der Waals surface area contributed by atoms with Gasteiger partial charge in [0.15, 0.2) is 0 Å². The molecule has 0 amide bonds. The highest BCUT2D eigenvalue weighted by molar-refractivity contribution is 5.38. The van der Waals surface area contributed by atoms with Crippen LogP contribution in [0.15, 0.2) is 34.7 Å². The van der Waals surface area contributed by atoms with Gasteiger partial charge in [0.05, 0.1) is 0 Å². The van der Waals surface area contributed by atoms with Crippen LogP contribution in [0.1, 0.15) is 61.1 Å². The van der Waals surface area contributed by atoms with Crippen LogP contribution in [0.5, 0.6) is 0 Å². The van der Waals surface area contributed by atoms with E-state index in [1.165, 1.54) is 16.7 Å². The second kappa shape index (κ2) is 5.03. The quantitative estimate of drug-likeness (QED) is 0.869. The lowest BCUT2D eigenvalue weighted by molar-refractivity contribution is 0.252. The second-order valence-electron chi connectivity index (χ2n) is 7.05. The minimum atomic E-state index is 0.241. The lowest BCUT2D eigenvalue weighted by atomic mass is 9.84. The average Bonchev–Trinajstić information content (AvgIpc) is 2.87. The lowest BCUT2D eigenvalue weighted by Crippen LogP contribution is -2.33. The largest absolute Gasteiger partial charge is 0.466 e. The van der Waals surface area contributed by atoms with Crippen molar-refractivity contribution in [2.45, 2.75) is 53.1 Å². The minimum absolute atomic E-state index is 0.241. The van der Waals surface area contributed by atoms with Crippen LogP contribution in [0.4, 0.5) is 0 Å². The maximum atomic E-state index is 5.68. The Labute approximate surface area is 127 Å². The van der Waals surface area contributed by atoms with Crippen molar-refractivity contribution in [1.82, 2.24) is 5.32 Å². The Kier molecular flexibility index (Phi) is 3.45. The molecular weight excluding hydrogens is 258 g/mol. The van der Waals surface area contributed by atoms with Crippen molar-refractivity contribution in [3.8, 4) is 0 Å². The van der Waals surface area contributed by atoms with Crippen LogP contribution < -0.4 is 5.32 Å². The third-order valence-corrected chi connectivity index (χ3v) is 4.76. The maximum Gasteiger partial charge on any atom is 0.105 e. The van der Waals surface area contributed by atoms with Gasteiger partial charge in [-0.1, -0.05) is 38.1 Å². The van der Waals surface area contributed by atoms with Gasteiger partial charge in [-0.3, -0.25) is 0 Å². The second-order valence-corrected chi connectivity index (χ2v) is 7.05. The molecule has 1 N–H and O–H groups in total. The van der Waals surface area contributed by atoms with Gasteiger partial charge in [0, 0.05) is 17.6 Å². The summed E-state index contributed by atoms with van der Waals surface area (Å²) in [7, 11) is 0. The normalized spacial score (nSPS) is 21.3. The molecule has 1 aromatic heterocycles. The summed E-state index contributed by atoms with van der Waals surface area (Å²) < 4.78 is 5.68. The van der Waals surface area contributed by atoms with Gasteiger partial charge in [0.25, 0.3) is 0 Å². The highest BCUT2D eigenvalue weighted by Gasteiger charge is 2.39. The fraction of sp³-hybridized carbons (Fsp3) is 0.474. The smallest absolute Gasteiger partial charge is 0.105 e. The summed E-state index contributed by atoms with van der Waals surface area (Å²) in [5, 5.41) is 3.84. The molecule has 0 spiro atoms. The first-order valence-corrected chi connectivity index (χ1v) is 7.79. The SMILES string of the molecule is Cc1cc(C(C)NC2c3ccccc3CC2(C)C)c(C)o1. The van der Waals surface area contributed by atoms with E-state index in [-0.39, 0.29) is 11.5 Å². The number of furan rings is 1. The Morgan fingerprint density at radius 2 is 1.95 bits per heavy atom. The maximum absolute atomic E-state index is 5.68. The first-order chi connectivity index (χ1) is 9.88. The Hall–Kier alpha value is -1.54. The van der Waals surface area contributed by atoms with Crippen molar-refractivity contribution in [1.29, 1.82) is 0 Å². The van der Waals surface area contributed by atoms with Crippen LogP contribution in [0.3, 0.4) is 0 Å². The monoisotopic (exact) mass is 283 g/mol. The van der Waals surface area contributed by atoms with E-state index in [4.69, 9.17) is 4.42 Å². The lowest BCUT2D eigenvalue weighted by Gasteiger charge is -2.31. The zero-order chi connectivity index (χ0) is 15.2. The molecule has 0 radical (unpaired) electrons. The molecule has 0 bridgehead atoms. The molecule has 2 unspecified atom stereocenters. The predicted molar refractivity (Wildman–Crippen MR) is 86.4 cm³/mol. The number of aryl methyl sites for hydroxylation is 2. The molecule has 21 heavy (non-hydrogen) atoms. The summed E-state index contributed by atoms with van der Waals surface area (Å²) in [5.74, 6) is 2.01. The molecule has 2 atom stereocenters. The van der Waals surface area contributed by atoms with E-state index in [1.807, 2.05) is 13.8 Å². The van der Waals surface area contributed by atoms with Crippen molar-refractivity contribution in [2.75, 3.05) is 0 Å². The van der Waals surface area contributed by atoms with E-state index in [0.717, 1.165) is 17.9 Å². The van der Waals surface area contributed by atoms with E-state index in [2.05, 4.69) is 56.4 Å². The molecule has 1 aliphatic rings. The predicted octanol–water partition coefficient (Wildman–Crippen LogP) is 4.87. The zero-order valence-electron chi connectivity index (χ0n) is 13.7. The van der Waals surface area contributed by atoms with Crippen LogP contribution in [0.2, 0.25) is 0 Å². The first-order valence-electron chi connectivity index (χ1n) is 7.79. The van der Waals surface area contributed by atoms with Crippen molar-refractivity contribution < 1.29 is 4.42 Å². The van der Waals surface area contributed by atoms with Crippen molar-refractivity contribution in [2.24, 2.45) is 5.41 Å². The van der Waals surface area contributed by atoms with Gasteiger partial charge in [0.1, 0.15) is 11.5 Å². The topological polar surface area (TPSA) is 25.2 Å². The Morgan fingerprint density at radius 3 is 2.62 bits per heavy atom. The van der Waals surface area contributed by atoms with Gasteiger partial charge >= 0.3 is 0 Å². The number of hydrogen-bond donors (Lipinski definition) is 1. The van der Waals surface area contributed by atoms with Gasteiger partial charge in [-0.2, -0.15) is 0 Å². The van der Waals surface area contributed by atoms with Crippen molar-refractivity contribution >= 4 is 0 Å². The number of nitrogens with one attached hydrogen (secondary N) is 1. The number of hydrogen-bond acceptors (Lipinski definition) is 2. The molecule has 1 aromatic carbocycles. The van der Waals surface area contributed by atoms with Crippen LogP contribution in [-0.4, -0.2) is 0 Å². The highest BCUT2D eigenvalue weighted by Crippen LogP contribution is 2.46. The number of rotatable bonds is 3. The summed E-state index contributed by atoms with van der Waals surface area (Å²) in [5.41, 5.74) is 4.44. The minimum Gasteiger partial charge on any atom is -0.466 e. The van der Waals surface area contributed by atoms with Crippen LogP contribution in [-0.2, 0) is 6.42 Å². The van der Waals surface area contributed by atoms with E-state index in [0.29, 0.717) is 6.04 Å². The van der Waals surface area contributed by atoms with E-state index in [9.17, 15) is 0 Å². The Bertz CT molecular complexity index is 653. The van der Waals surface area contributed by atoms with Crippen LogP contribution in [0, 0.1) is 19.3 Å². The molecule has 0 saturated carbocycles. The van der Waals surface area contributed by atoms with E-state index in [1.54, 1.807) is 0 Å². The van der Waals surface area contributed by atoms with Crippen LogP contribution in [0.25, 0.3) is 0 Å². The highest BCUT2D eigenvalue weighted by atomic mass is 16.3. The molecule has 2 heteroatoms. The Morgan fingerprint density at radius 1 is 1.24 bits per heavy atom.